The predicted molar refractivity (Wildman–Crippen MR) is 59.5 cm³/mol. The number of nitrogens with two attached hydrogens (primary N) is 1. The SMILES string of the molecule is CC(C)(O)CNC(=O)c1ccc(N)cc1. The second-order valence-electron chi connectivity index (χ2n) is 4.12. The molecule has 1 amide bonds. The second kappa shape index (κ2) is 4.31. The van der Waals surface area contributed by atoms with Gasteiger partial charge in [0.25, 0.3) is 5.91 Å². The highest BCUT2D eigenvalue weighted by Crippen LogP contribution is 2.05. The van der Waals surface area contributed by atoms with Crippen LogP contribution in [0.5, 0.6) is 0 Å². The van der Waals surface area contributed by atoms with Gasteiger partial charge in [-0.1, -0.05) is 0 Å². The van der Waals surface area contributed by atoms with Crippen molar-refractivity contribution in [2.45, 2.75) is 19.4 Å². The number of nitrogens with one attached hydrogen (secondary N) is 1. The van der Waals surface area contributed by atoms with Gasteiger partial charge >= 0.3 is 0 Å². The first-order valence-corrected chi connectivity index (χ1v) is 4.74. The standard InChI is InChI=1S/C11H16N2O2/c1-11(2,15)7-13-10(14)8-3-5-9(12)6-4-8/h3-6,15H,7,12H2,1-2H3,(H,13,14). The third-order valence-electron chi connectivity index (χ3n) is 1.85. The number of rotatable bonds is 3. The Morgan fingerprint density at radius 2 is 1.93 bits per heavy atom. The Bertz CT molecular complexity index is 339. The van der Waals surface area contributed by atoms with Crippen LogP contribution in [0.25, 0.3) is 0 Å². The van der Waals surface area contributed by atoms with E-state index in [1.165, 1.54) is 0 Å². The summed E-state index contributed by atoms with van der Waals surface area (Å²) in [5.41, 5.74) is 5.75. The molecule has 15 heavy (non-hydrogen) atoms. The van der Waals surface area contributed by atoms with Crippen molar-refractivity contribution < 1.29 is 9.90 Å². The lowest BCUT2D eigenvalue weighted by Crippen LogP contribution is -2.38. The lowest BCUT2D eigenvalue weighted by atomic mass is 10.1. The van der Waals surface area contributed by atoms with E-state index in [2.05, 4.69) is 5.32 Å². The Balaban J connectivity index is 2.58. The van der Waals surface area contributed by atoms with Gasteiger partial charge in [-0.2, -0.15) is 0 Å². The summed E-state index contributed by atoms with van der Waals surface area (Å²) < 4.78 is 0. The van der Waals surface area contributed by atoms with Crippen molar-refractivity contribution in [2.75, 3.05) is 12.3 Å². The van der Waals surface area contributed by atoms with Crippen molar-refractivity contribution in [3.8, 4) is 0 Å². The number of carbonyl (C=O) groups excluding carboxylic acids is 1. The second-order valence-corrected chi connectivity index (χ2v) is 4.12. The Morgan fingerprint density at radius 3 is 2.40 bits per heavy atom. The number of nitrogen functional groups attached to an aromatic ring is 1. The van der Waals surface area contributed by atoms with E-state index in [-0.39, 0.29) is 12.5 Å². The first-order valence-electron chi connectivity index (χ1n) is 4.74. The van der Waals surface area contributed by atoms with E-state index in [1.807, 2.05) is 0 Å². The molecule has 0 fully saturated rings. The number of hydrogen-bond donors (Lipinski definition) is 3. The summed E-state index contributed by atoms with van der Waals surface area (Å²) in [6.45, 7) is 3.49. The molecule has 1 aromatic carbocycles. The van der Waals surface area contributed by atoms with Crippen molar-refractivity contribution in [2.24, 2.45) is 0 Å². The Hall–Kier alpha value is -1.55. The molecular formula is C11H16N2O2. The Morgan fingerprint density at radius 1 is 1.40 bits per heavy atom. The minimum absolute atomic E-state index is 0.211. The fraction of sp³-hybridized carbons (Fsp3) is 0.364. The van der Waals surface area contributed by atoms with Gasteiger partial charge in [-0.05, 0) is 38.1 Å². The molecule has 4 N–H and O–H groups in total. The summed E-state index contributed by atoms with van der Waals surface area (Å²) in [5, 5.41) is 12.1. The van der Waals surface area contributed by atoms with Crippen molar-refractivity contribution in [3.63, 3.8) is 0 Å². The average molecular weight is 208 g/mol. The predicted octanol–water partition coefficient (Wildman–Crippen LogP) is 0.770. The maximum Gasteiger partial charge on any atom is 0.251 e. The zero-order valence-corrected chi connectivity index (χ0v) is 8.95. The maximum atomic E-state index is 11.5. The monoisotopic (exact) mass is 208 g/mol. The smallest absolute Gasteiger partial charge is 0.251 e. The molecule has 0 saturated heterocycles. The molecule has 4 heteroatoms. The zero-order chi connectivity index (χ0) is 11.5. The molecular weight excluding hydrogens is 192 g/mol. The summed E-state index contributed by atoms with van der Waals surface area (Å²) in [5.74, 6) is -0.211. The average Bonchev–Trinajstić information content (AvgIpc) is 2.14. The highest BCUT2D eigenvalue weighted by atomic mass is 16.3. The van der Waals surface area contributed by atoms with Crippen molar-refractivity contribution in [3.05, 3.63) is 29.8 Å². The van der Waals surface area contributed by atoms with E-state index >= 15 is 0 Å². The molecule has 0 aliphatic carbocycles. The van der Waals surface area contributed by atoms with Crippen LogP contribution in [0.15, 0.2) is 24.3 Å². The van der Waals surface area contributed by atoms with Crippen LogP contribution in [0.2, 0.25) is 0 Å². The van der Waals surface area contributed by atoms with Gasteiger partial charge < -0.3 is 16.2 Å². The lowest BCUT2D eigenvalue weighted by molar-refractivity contribution is 0.0694. The van der Waals surface area contributed by atoms with Crippen LogP contribution in [-0.4, -0.2) is 23.2 Å². The highest BCUT2D eigenvalue weighted by Gasteiger charge is 2.14. The maximum absolute atomic E-state index is 11.5. The molecule has 4 nitrogen and oxygen atoms in total. The van der Waals surface area contributed by atoms with Crippen molar-refractivity contribution >= 4 is 11.6 Å². The van der Waals surface area contributed by atoms with E-state index in [9.17, 15) is 9.90 Å². The van der Waals surface area contributed by atoms with Gasteiger partial charge in [0.15, 0.2) is 0 Å². The molecule has 1 aromatic rings. The molecule has 0 bridgehead atoms. The van der Waals surface area contributed by atoms with Crippen LogP contribution >= 0.6 is 0 Å². The summed E-state index contributed by atoms with van der Waals surface area (Å²) in [4.78, 5) is 11.5. The Kier molecular flexibility index (Phi) is 3.31. The van der Waals surface area contributed by atoms with Gasteiger partial charge in [0.05, 0.1) is 5.60 Å². The minimum Gasteiger partial charge on any atom is -0.399 e. The molecule has 1 rings (SSSR count). The van der Waals surface area contributed by atoms with Crippen LogP contribution in [-0.2, 0) is 0 Å². The van der Waals surface area contributed by atoms with Gasteiger partial charge in [0.2, 0.25) is 0 Å². The largest absolute Gasteiger partial charge is 0.399 e. The van der Waals surface area contributed by atoms with E-state index in [4.69, 9.17) is 5.73 Å². The fourth-order valence-corrected chi connectivity index (χ4v) is 1.03. The van der Waals surface area contributed by atoms with E-state index in [0.29, 0.717) is 11.3 Å². The zero-order valence-electron chi connectivity index (χ0n) is 8.95. The number of hydrogen-bond acceptors (Lipinski definition) is 3. The molecule has 0 heterocycles. The van der Waals surface area contributed by atoms with Gasteiger partial charge in [-0.3, -0.25) is 4.79 Å². The Labute approximate surface area is 89.1 Å². The first kappa shape index (κ1) is 11.5. The van der Waals surface area contributed by atoms with E-state index in [0.717, 1.165) is 0 Å². The van der Waals surface area contributed by atoms with Gasteiger partial charge in [0, 0.05) is 17.8 Å². The van der Waals surface area contributed by atoms with Crippen molar-refractivity contribution in [1.29, 1.82) is 0 Å². The lowest BCUT2D eigenvalue weighted by Gasteiger charge is -2.17. The summed E-state index contributed by atoms with van der Waals surface area (Å²) in [6.07, 6.45) is 0. The molecule has 0 aliphatic rings. The number of amides is 1. The topological polar surface area (TPSA) is 75.3 Å². The van der Waals surface area contributed by atoms with Gasteiger partial charge in [-0.25, -0.2) is 0 Å². The van der Waals surface area contributed by atoms with E-state index < -0.39 is 5.60 Å². The molecule has 82 valence electrons. The van der Waals surface area contributed by atoms with Crippen LogP contribution in [0.4, 0.5) is 5.69 Å². The van der Waals surface area contributed by atoms with Crippen molar-refractivity contribution in [1.82, 2.24) is 5.32 Å². The summed E-state index contributed by atoms with van der Waals surface area (Å²) >= 11 is 0. The minimum atomic E-state index is -0.899. The molecule has 0 radical (unpaired) electrons. The summed E-state index contributed by atoms with van der Waals surface area (Å²) in [7, 11) is 0. The van der Waals surface area contributed by atoms with Crippen LogP contribution in [0, 0.1) is 0 Å². The summed E-state index contributed by atoms with van der Waals surface area (Å²) in [6, 6.07) is 6.63. The van der Waals surface area contributed by atoms with E-state index in [1.54, 1.807) is 38.1 Å². The first-order chi connectivity index (χ1) is 6.88. The molecule has 0 saturated carbocycles. The van der Waals surface area contributed by atoms with Crippen LogP contribution in [0.3, 0.4) is 0 Å². The van der Waals surface area contributed by atoms with Crippen LogP contribution in [0.1, 0.15) is 24.2 Å². The molecule has 0 aliphatic heterocycles. The number of benzene rings is 1. The molecule has 0 atom stereocenters. The molecule has 0 unspecified atom stereocenters. The van der Waals surface area contributed by atoms with Gasteiger partial charge in [-0.15, -0.1) is 0 Å². The number of aliphatic hydroxyl groups is 1. The quantitative estimate of drug-likeness (QED) is 0.642. The van der Waals surface area contributed by atoms with Gasteiger partial charge in [0.1, 0.15) is 0 Å². The number of anilines is 1. The normalized spacial score (nSPS) is 11.1. The fourth-order valence-electron chi connectivity index (χ4n) is 1.03. The van der Waals surface area contributed by atoms with Crippen LogP contribution < -0.4 is 11.1 Å². The third kappa shape index (κ3) is 3.99. The molecule has 0 spiro atoms. The molecule has 0 aromatic heterocycles. The number of carbonyl (C=O) groups is 1. The highest BCUT2D eigenvalue weighted by molar-refractivity contribution is 5.94. The third-order valence-corrected chi connectivity index (χ3v) is 1.85.